The number of likely N-dealkylation sites (tertiary alicyclic amines) is 1. The van der Waals surface area contributed by atoms with E-state index in [0.717, 1.165) is 6.42 Å². The summed E-state index contributed by atoms with van der Waals surface area (Å²) < 4.78 is 24.5. The largest absolute Gasteiger partial charge is 0.494 e. The second kappa shape index (κ2) is 9.07. The van der Waals surface area contributed by atoms with Crippen LogP contribution in [-0.4, -0.2) is 42.9 Å². The molecule has 3 rings (SSSR count). The molecule has 0 saturated carbocycles. The number of nitrogens with zero attached hydrogens (tertiary/aromatic N) is 1. The SMILES string of the molecule is COc1ccc(C(=O)[C@@H]2CCCN(C(=O)c3ccc(OC(C)C)cc3)C2)cc1F. The summed E-state index contributed by atoms with van der Waals surface area (Å²) in [7, 11) is 1.38. The number of hydrogen-bond acceptors (Lipinski definition) is 4. The minimum Gasteiger partial charge on any atom is -0.494 e. The summed E-state index contributed by atoms with van der Waals surface area (Å²) in [5.74, 6) is -0.351. The van der Waals surface area contributed by atoms with E-state index in [2.05, 4.69) is 0 Å². The quantitative estimate of drug-likeness (QED) is 0.678. The molecular weight excluding hydrogens is 373 g/mol. The smallest absolute Gasteiger partial charge is 0.253 e. The number of piperidine rings is 1. The van der Waals surface area contributed by atoms with Crippen molar-refractivity contribution in [3.63, 3.8) is 0 Å². The Labute approximate surface area is 170 Å². The van der Waals surface area contributed by atoms with Crippen molar-refractivity contribution in [2.24, 2.45) is 5.92 Å². The normalized spacial score (nSPS) is 16.6. The fraction of sp³-hybridized carbons (Fsp3) is 0.391. The number of methoxy groups -OCH3 is 1. The van der Waals surface area contributed by atoms with Crippen molar-refractivity contribution in [1.29, 1.82) is 0 Å². The molecule has 29 heavy (non-hydrogen) atoms. The second-order valence-electron chi connectivity index (χ2n) is 7.49. The van der Waals surface area contributed by atoms with Gasteiger partial charge in [0.1, 0.15) is 5.75 Å². The molecule has 1 atom stereocenters. The van der Waals surface area contributed by atoms with Gasteiger partial charge >= 0.3 is 0 Å². The zero-order chi connectivity index (χ0) is 21.0. The van der Waals surface area contributed by atoms with Crippen LogP contribution in [-0.2, 0) is 0 Å². The van der Waals surface area contributed by atoms with Crippen LogP contribution in [0.15, 0.2) is 42.5 Å². The molecule has 154 valence electrons. The molecule has 0 unspecified atom stereocenters. The third kappa shape index (κ3) is 4.94. The maximum atomic E-state index is 14.0. The van der Waals surface area contributed by atoms with E-state index in [4.69, 9.17) is 9.47 Å². The Morgan fingerprint density at radius 1 is 1.10 bits per heavy atom. The molecule has 0 bridgehead atoms. The van der Waals surface area contributed by atoms with Crippen molar-refractivity contribution in [1.82, 2.24) is 4.90 Å². The predicted molar refractivity (Wildman–Crippen MR) is 108 cm³/mol. The van der Waals surface area contributed by atoms with Gasteiger partial charge in [-0.15, -0.1) is 0 Å². The van der Waals surface area contributed by atoms with E-state index >= 15 is 0 Å². The molecule has 5 nitrogen and oxygen atoms in total. The van der Waals surface area contributed by atoms with E-state index in [1.165, 1.54) is 19.2 Å². The molecule has 2 aromatic carbocycles. The number of carbonyl (C=O) groups is 2. The summed E-state index contributed by atoms with van der Waals surface area (Å²) in [5, 5.41) is 0. The maximum Gasteiger partial charge on any atom is 0.253 e. The molecule has 0 aromatic heterocycles. The average Bonchev–Trinajstić information content (AvgIpc) is 2.73. The highest BCUT2D eigenvalue weighted by molar-refractivity contribution is 5.99. The van der Waals surface area contributed by atoms with Crippen LogP contribution < -0.4 is 9.47 Å². The molecule has 0 aliphatic carbocycles. The van der Waals surface area contributed by atoms with Crippen molar-refractivity contribution in [2.75, 3.05) is 20.2 Å². The standard InChI is InChI=1S/C23H26FNO4/c1-15(2)29-19-9-6-16(7-10-19)23(27)25-12-4-5-18(14-25)22(26)17-8-11-21(28-3)20(24)13-17/h6-11,13,15,18H,4-5,12,14H2,1-3H3/t18-/m1/s1. The van der Waals surface area contributed by atoms with Crippen molar-refractivity contribution in [2.45, 2.75) is 32.8 Å². The maximum absolute atomic E-state index is 14.0. The number of halogens is 1. The van der Waals surface area contributed by atoms with Gasteiger partial charge in [0.15, 0.2) is 17.3 Å². The number of carbonyl (C=O) groups excluding carboxylic acids is 2. The highest BCUT2D eigenvalue weighted by Crippen LogP contribution is 2.25. The van der Waals surface area contributed by atoms with Crippen LogP contribution in [0.2, 0.25) is 0 Å². The highest BCUT2D eigenvalue weighted by atomic mass is 19.1. The molecule has 1 amide bonds. The summed E-state index contributed by atoms with van der Waals surface area (Å²) in [6.45, 7) is 4.82. The van der Waals surface area contributed by atoms with Crippen LogP contribution >= 0.6 is 0 Å². The van der Waals surface area contributed by atoms with E-state index in [1.807, 2.05) is 13.8 Å². The van der Waals surface area contributed by atoms with Crippen molar-refractivity contribution >= 4 is 11.7 Å². The topological polar surface area (TPSA) is 55.8 Å². The Balaban J connectivity index is 1.69. The fourth-order valence-electron chi connectivity index (χ4n) is 3.56. The number of Topliss-reactive ketones (excluding diaryl/α,β-unsaturated/α-hetero) is 1. The minimum atomic E-state index is -0.564. The lowest BCUT2D eigenvalue weighted by molar-refractivity contribution is 0.0637. The van der Waals surface area contributed by atoms with Gasteiger partial charge in [-0.05, 0) is 69.2 Å². The van der Waals surface area contributed by atoms with E-state index in [-0.39, 0.29) is 29.5 Å². The van der Waals surface area contributed by atoms with Crippen LogP contribution in [0.25, 0.3) is 0 Å². The van der Waals surface area contributed by atoms with Crippen molar-refractivity contribution in [3.8, 4) is 11.5 Å². The lowest BCUT2D eigenvalue weighted by Gasteiger charge is -2.32. The average molecular weight is 399 g/mol. The third-order valence-electron chi connectivity index (χ3n) is 4.99. The lowest BCUT2D eigenvalue weighted by atomic mass is 9.89. The van der Waals surface area contributed by atoms with Crippen LogP contribution in [0.4, 0.5) is 4.39 Å². The molecule has 1 heterocycles. The molecule has 6 heteroatoms. The first kappa shape index (κ1) is 20.8. The van der Waals surface area contributed by atoms with E-state index in [1.54, 1.807) is 35.2 Å². The van der Waals surface area contributed by atoms with Gasteiger partial charge in [0.2, 0.25) is 0 Å². The van der Waals surface area contributed by atoms with E-state index < -0.39 is 5.82 Å². The number of ketones is 1. The highest BCUT2D eigenvalue weighted by Gasteiger charge is 2.30. The zero-order valence-corrected chi connectivity index (χ0v) is 17.0. The number of amides is 1. The molecule has 1 fully saturated rings. The van der Waals surface area contributed by atoms with E-state index in [9.17, 15) is 14.0 Å². The summed E-state index contributed by atoms with van der Waals surface area (Å²) in [6.07, 6.45) is 1.47. The van der Waals surface area contributed by atoms with E-state index in [0.29, 0.717) is 36.4 Å². The second-order valence-corrected chi connectivity index (χ2v) is 7.49. The lowest BCUT2D eigenvalue weighted by Crippen LogP contribution is -2.42. The first-order valence-corrected chi connectivity index (χ1v) is 9.82. The number of benzene rings is 2. The Hall–Kier alpha value is -2.89. The van der Waals surface area contributed by atoms with Gasteiger partial charge in [-0.25, -0.2) is 4.39 Å². The number of hydrogen-bond donors (Lipinski definition) is 0. The van der Waals surface area contributed by atoms with Crippen LogP contribution in [0.1, 0.15) is 47.4 Å². The summed E-state index contributed by atoms with van der Waals surface area (Å²) in [5.41, 5.74) is 0.863. The molecule has 2 aromatic rings. The van der Waals surface area contributed by atoms with Gasteiger partial charge in [0.25, 0.3) is 5.91 Å². The van der Waals surface area contributed by atoms with Gasteiger partial charge in [0.05, 0.1) is 13.2 Å². The first-order chi connectivity index (χ1) is 13.9. The van der Waals surface area contributed by atoms with Gasteiger partial charge in [-0.3, -0.25) is 9.59 Å². The molecule has 1 aliphatic heterocycles. The molecule has 1 saturated heterocycles. The Morgan fingerprint density at radius 2 is 1.79 bits per heavy atom. The molecule has 0 radical (unpaired) electrons. The fourth-order valence-corrected chi connectivity index (χ4v) is 3.56. The Morgan fingerprint density at radius 3 is 2.41 bits per heavy atom. The third-order valence-corrected chi connectivity index (χ3v) is 4.99. The Kier molecular flexibility index (Phi) is 6.52. The van der Waals surface area contributed by atoms with Gasteiger partial charge in [-0.1, -0.05) is 0 Å². The number of ether oxygens (including phenoxy) is 2. The predicted octanol–water partition coefficient (Wildman–Crippen LogP) is 4.36. The Bertz CT molecular complexity index is 879. The first-order valence-electron chi connectivity index (χ1n) is 9.82. The van der Waals surface area contributed by atoms with Crippen molar-refractivity contribution in [3.05, 3.63) is 59.4 Å². The summed E-state index contributed by atoms with van der Waals surface area (Å²) in [6, 6.07) is 11.3. The van der Waals surface area contributed by atoms with Crippen LogP contribution in [0.3, 0.4) is 0 Å². The van der Waals surface area contributed by atoms with Crippen molar-refractivity contribution < 1.29 is 23.5 Å². The zero-order valence-electron chi connectivity index (χ0n) is 17.0. The minimum absolute atomic E-state index is 0.0632. The van der Waals surface area contributed by atoms with Gasteiger partial charge in [0, 0.05) is 30.1 Å². The summed E-state index contributed by atoms with van der Waals surface area (Å²) in [4.78, 5) is 27.4. The van der Waals surface area contributed by atoms with Gasteiger partial charge in [-0.2, -0.15) is 0 Å². The number of rotatable bonds is 6. The molecular formula is C23H26FNO4. The van der Waals surface area contributed by atoms with Crippen LogP contribution in [0, 0.1) is 11.7 Å². The molecule has 0 spiro atoms. The monoisotopic (exact) mass is 399 g/mol. The summed E-state index contributed by atoms with van der Waals surface area (Å²) >= 11 is 0. The molecule has 1 aliphatic rings. The van der Waals surface area contributed by atoms with Crippen LogP contribution in [0.5, 0.6) is 11.5 Å². The van der Waals surface area contributed by atoms with Gasteiger partial charge < -0.3 is 14.4 Å². The molecule has 0 N–H and O–H groups in total.